The summed E-state index contributed by atoms with van der Waals surface area (Å²) in [5, 5.41) is 44.4. The summed E-state index contributed by atoms with van der Waals surface area (Å²) >= 11 is 0. The van der Waals surface area contributed by atoms with Gasteiger partial charge in [-0.05, 0) is 19.8 Å². The van der Waals surface area contributed by atoms with Crippen LogP contribution in [0.1, 0.15) is 34.1 Å². The minimum Gasteiger partial charge on any atom is -0.480 e. The number of carbonyl (C=O) groups excluding carboxylic acids is 3. The van der Waals surface area contributed by atoms with Gasteiger partial charge in [-0.2, -0.15) is 0 Å². The van der Waals surface area contributed by atoms with Crippen LogP contribution in [0, 0.1) is 5.92 Å². The van der Waals surface area contributed by atoms with E-state index in [2.05, 4.69) is 16.0 Å². The number of nitrogens with two attached hydrogens (primary N) is 1. The van der Waals surface area contributed by atoms with Crippen LogP contribution in [-0.4, -0.2) is 87.1 Å². The molecule has 0 rings (SSSR count). The fraction of sp³-hybridized carbons (Fsp3) is 0.765. The van der Waals surface area contributed by atoms with E-state index in [1.165, 1.54) is 13.8 Å². The molecular formula is C17H32N4O8. The molecule has 0 saturated heterocycles. The summed E-state index contributed by atoms with van der Waals surface area (Å²) in [4.78, 5) is 48.0. The van der Waals surface area contributed by atoms with Gasteiger partial charge < -0.3 is 42.1 Å². The number of rotatable bonds is 12. The molecular weight excluding hydrogens is 388 g/mol. The Bertz CT molecular complexity index is 584. The average Bonchev–Trinajstić information content (AvgIpc) is 2.65. The zero-order chi connectivity index (χ0) is 22.9. The maximum Gasteiger partial charge on any atom is 0.326 e. The topological polar surface area (TPSA) is 211 Å². The number of amides is 3. The minimum atomic E-state index is -1.54. The van der Waals surface area contributed by atoms with Crippen LogP contribution in [0.5, 0.6) is 0 Å². The molecule has 168 valence electrons. The van der Waals surface area contributed by atoms with Crippen molar-refractivity contribution in [2.75, 3.05) is 6.61 Å². The first-order chi connectivity index (χ1) is 13.4. The Kier molecular flexibility index (Phi) is 11.3. The minimum absolute atomic E-state index is 0.409. The second kappa shape index (κ2) is 12.3. The summed E-state index contributed by atoms with van der Waals surface area (Å²) in [7, 11) is 0. The van der Waals surface area contributed by atoms with Crippen molar-refractivity contribution in [1.82, 2.24) is 16.0 Å². The standard InChI is InChI=1S/C17H32N4O8/c1-5-7(2)12(17(28)29)20-16(27)13(9(4)24)21-14(25)10(6-22)19-15(26)11(18)8(3)23/h7-13,22-24H,5-6,18H2,1-4H3,(H,19,26)(H,20,27)(H,21,25)(H,28,29). The molecule has 12 nitrogen and oxygen atoms in total. The number of aliphatic hydroxyl groups is 3. The second-order valence-electron chi connectivity index (χ2n) is 6.95. The van der Waals surface area contributed by atoms with Crippen LogP contribution in [0.25, 0.3) is 0 Å². The molecule has 9 N–H and O–H groups in total. The van der Waals surface area contributed by atoms with Crippen molar-refractivity contribution in [1.29, 1.82) is 0 Å². The smallest absolute Gasteiger partial charge is 0.326 e. The predicted molar refractivity (Wildman–Crippen MR) is 101 cm³/mol. The normalized spacial score (nSPS) is 18.3. The monoisotopic (exact) mass is 420 g/mol. The maximum absolute atomic E-state index is 12.4. The third kappa shape index (κ3) is 8.31. The van der Waals surface area contributed by atoms with Gasteiger partial charge in [-0.15, -0.1) is 0 Å². The molecule has 7 unspecified atom stereocenters. The van der Waals surface area contributed by atoms with Gasteiger partial charge in [0.2, 0.25) is 17.7 Å². The third-order valence-corrected chi connectivity index (χ3v) is 4.48. The van der Waals surface area contributed by atoms with E-state index in [4.69, 9.17) is 5.73 Å². The van der Waals surface area contributed by atoms with Crippen LogP contribution in [0.2, 0.25) is 0 Å². The maximum atomic E-state index is 12.4. The van der Waals surface area contributed by atoms with Gasteiger partial charge in [-0.3, -0.25) is 14.4 Å². The fourth-order valence-electron chi connectivity index (χ4n) is 2.27. The quantitative estimate of drug-likeness (QED) is 0.158. The third-order valence-electron chi connectivity index (χ3n) is 4.48. The van der Waals surface area contributed by atoms with E-state index in [1.54, 1.807) is 13.8 Å². The molecule has 3 amide bonds. The Hall–Kier alpha value is -2.28. The molecule has 0 aromatic heterocycles. The highest BCUT2D eigenvalue weighted by atomic mass is 16.4. The molecule has 0 saturated carbocycles. The number of nitrogens with one attached hydrogen (secondary N) is 3. The lowest BCUT2D eigenvalue weighted by Crippen LogP contribution is -2.61. The first-order valence-electron chi connectivity index (χ1n) is 9.23. The largest absolute Gasteiger partial charge is 0.480 e. The molecule has 0 aromatic rings. The Morgan fingerprint density at radius 1 is 0.862 bits per heavy atom. The fourth-order valence-corrected chi connectivity index (χ4v) is 2.27. The molecule has 0 radical (unpaired) electrons. The van der Waals surface area contributed by atoms with E-state index >= 15 is 0 Å². The van der Waals surface area contributed by atoms with Crippen LogP contribution < -0.4 is 21.7 Å². The van der Waals surface area contributed by atoms with Gasteiger partial charge in [-0.25, -0.2) is 4.79 Å². The highest BCUT2D eigenvalue weighted by molar-refractivity contribution is 5.94. The highest BCUT2D eigenvalue weighted by Gasteiger charge is 2.34. The van der Waals surface area contributed by atoms with Crippen LogP contribution in [0.3, 0.4) is 0 Å². The number of aliphatic carboxylic acids is 1. The molecule has 0 fully saturated rings. The van der Waals surface area contributed by atoms with E-state index in [0.717, 1.165) is 0 Å². The van der Waals surface area contributed by atoms with Crippen LogP contribution >= 0.6 is 0 Å². The van der Waals surface area contributed by atoms with Gasteiger partial charge in [0.15, 0.2) is 0 Å². The molecule has 0 bridgehead atoms. The molecule has 0 spiro atoms. The lowest BCUT2D eigenvalue weighted by atomic mass is 9.98. The van der Waals surface area contributed by atoms with Crippen molar-refractivity contribution >= 4 is 23.7 Å². The van der Waals surface area contributed by atoms with Gasteiger partial charge >= 0.3 is 5.97 Å². The van der Waals surface area contributed by atoms with Crippen molar-refractivity contribution in [3.63, 3.8) is 0 Å². The van der Waals surface area contributed by atoms with E-state index in [9.17, 15) is 39.6 Å². The highest BCUT2D eigenvalue weighted by Crippen LogP contribution is 2.09. The lowest BCUT2D eigenvalue weighted by molar-refractivity contribution is -0.144. The first kappa shape index (κ1) is 26.7. The second-order valence-corrected chi connectivity index (χ2v) is 6.95. The number of aliphatic hydroxyl groups excluding tert-OH is 3. The summed E-state index contributed by atoms with van der Waals surface area (Å²) in [5.41, 5.74) is 5.45. The average molecular weight is 420 g/mol. The SMILES string of the molecule is CCC(C)C(NC(=O)C(NC(=O)C(CO)NC(=O)C(N)C(C)O)C(C)O)C(=O)O. The number of carboxylic acid groups (broad SMARTS) is 1. The summed E-state index contributed by atoms with van der Waals surface area (Å²) in [5.74, 6) is -4.53. The molecule has 0 heterocycles. The van der Waals surface area contributed by atoms with Crippen molar-refractivity contribution < 1.29 is 39.6 Å². The lowest BCUT2D eigenvalue weighted by Gasteiger charge is -2.27. The van der Waals surface area contributed by atoms with E-state index in [1.807, 2.05) is 0 Å². The molecule has 0 aliphatic carbocycles. The Morgan fingerprint density at radius 2 is 1.38 bits per heavy atom. The van der Waals surface area contributed by atoms with Gasteiger partial charge in [0.1, 0.15) is 24.2 Å². The predicted octanol–water partition coefficient (Wildman–Crippen LogP) is -3.35. The molecule has 0 aliphatic rings. The van der Waals surface area contributed by atoms with Crippen molar-refractivity contribution in [3.05, 3.63) is 0 Å². The molecule has 29 heavy (non-hydrogen) atoms. The van der Waals surface area contributed by atoms with Gasteiger partial charge in [-0.1, -0.05) is 20.3 Å². The summed E-state index contributed by atoms with van der Waals surface area (Å²) in [6.07, 6.45) is -2.15. The van der Waals surface area contributed by atoms with Crippen LogP contribution in [0.15, 0.2) is 0 Å². The Morgan fingerprint density at radius 3 is 1.76 bits per heavy atom. The van der Waals surface area contributed by atoms with Gasteiger partial charge in [0.05, 0.1) is 18.8 Å². The van der Waals surface area contributed by atoms with Crippen LogP contribution in [-0.2, 0) is 19.2 Å². The van der Waals surface area contributed by atoms with Crippen LogP contribution in [0.4, 0.5) is 0 Å². The number of hydrogen-bond donors (Lipinski definition) is 8. The van der Waals surface area contributed by atoms with Gasteiger partial charge in [0, 0.05) is 0 Å². The molecule has 0 aliphatic heterocycles. The first-order valence-corrected chi connectivity index (χ1v) is 9.23. The van der Waals surface area contributed by atoms with Crippen molar-refractivity contribution in [2.45, 2.75) is 70.5 Å². The van der Waals surface area contributed by atoms with E-state index in [-0.39, 0.29) is 0 Å². The zero-order valence-corrected chi connectivity index (χ0v) is 17.0. The number of carbonyl (C=O) groups is 4. The van der Waals surface area contributed by atoms with E-state index < -0.39 is 72.6 Å². The summed E-state index contributed by atoms with van der Waals surface area (Å²) in [6.45, 7) is 5.00. The number of carboxylic acids is 1. The Balaban J connectivity index is 5.25. The molecule has 0 aromatic carbocycles. The zero-order valence-electron chi connectivity index (χ0n) is 17.0. The Labute approximate surface area is 168 Å². The number of hydrogen-bond acceptors (Lipinski definition) is 8. The summed E-state index contributed by atoms with van der Waals surface area (Å²) in [6, 6.07) is -5.63. The van der Waals surface area contributed by atoms with Crippen molar-refractivity contribution in [3.8, 4) is 0 Å². The molecule has 7 atom stereocenters. The van der Waals surface area contributed by atoms with E-state index in [0.29, 0.717) is 6.42 Å². The summed E-state index contributed by atoms with van der Waals surface area (Å²) < 4.78 is 0. The van der Waals surface area contributed by atoms with Gasteiger partial charge in [0.25, 0.3) is 0 Å². The molecule has 12 heteroatoms. The van der Waals surface area contributed by atoms with Crippen molar-refractivity contribution in [2.24, 2.45) is 11.7 Å².